The van der Waals surface area contributed by atoms with E-state index in [9.17, 15) is 18.0 Å². The molecule has 0 unspecified atom stereocenters. The molecule has 0 bridgehead atoms. The van der Waals surface area contributed by atoms with Gasteiger partial charge in [-0.05, 0) is 25.5 Å². The minimum Gasteiger partial charge on any atom is -0.477 e. The van der Waals surface area contributed by atoms with Gasteiger partial charge in [0.15, 0.2) is 9.84 Å². The van der Waals surface area contributed by atoms with Crippen LogP contribution in [0.4, 0.5) is 0 Å². The number of amides is 1. The summed E-state index contributed by atoms with van der Waals surface area (Å²) in [6.07, 6.45) is 0.444. The third-order valence-electron chi connectivity index (χ3n) is 3.28. The maximum absolute atomic E-state index is 12.4. The summed E-state index contributed by atoms with van der Waals surface area (Å²) in [4.78, 5) is 25.1. The third kappa shape index (κ3) is 3.01. The number of hydrogen-bond donors (Lipinski definition) is 1. The Bertz CT molecular complexity index is 634. The van der Waals surface area contributed by atoms with Crippen LogP contribution >= 0.6 is 11.3 Å². The number of rotatable bonds is 4. The summed E-state index contributed by atoms with van der Waals surface area (Å²) < 4.78 is 23.0. The molecule has 20 heavy (non-hydrogen) atoms. The SMILES string of the molecule is CCN(C(=O)c1ccc(C(=O)O)s1)[C@@H]1CCS(=O)(=O)C1. The molecular weight excluding hydrogens is 302 g/mol. The van der Waals surface area contributed by atoms with E-state index in [4.69, 9.17) is 5.11 Å². The van der Waals surface area contributed by atoms with Crippen molar-refractivity contribution in [3.8, 4) is 0 Å². The first-order valence-corrected chi connectivity index (χ1v) is 8.82. The zero-order valence-electron chi connectivity index (χ0n) is 10.9. The van der Waals surface area contributed by atoms with E-state index in [-0.39, 0.29) is 28.3 Å². The number of thiophene rings is 1. The lowest BCUT2D eigenvalue weighted by Gasteiger charge is -2.26. The summed E-state index contributed by atoms with van der Waals surface area (Å²) in [7, 11) is -3.06. The Morgan fingerprint density at radius 2 is 2.05 bits per heavy atom. The highest BCUT2D eigenvalue weighted by atomic mass is 32.2. The minimum absolute atomic E-state index is 0.0102. The summed E-state index contributed by atoms with van der Waals surface area (Å²) in [6.45, 7) is 2.19. The Morgan fingerprint density at radius 3 is 2.50 bits per heavy atom. The van der Waals surface area contributed by atoms with Gasteiger partial charge in [0, 0.05) is 12.6 Å². The van der Waals surface area contributed by atoms with Gasteiger partial charge in [-0.15, -0.1) is 11.3 Å². The molecule has 0 spiro atoms. The van der Waals surface area contributed by atoms with Gasteiger partial charge < -0.3 is 10.0 Å². The Morgan fingerprint density at radius 1 is 1.40 bits per heavy atom. The summed E-state index contributed by atoms with van der Waals surface area (Å²) in [5.41, 5.74) is 0. The number of carbonyl (C=O) groups is 2. The fourth-order valence-corrected chi connectivity index (χ4v) is 4.83. The molecule has 0 aromatic carbocycles. The molecule has 0 radical (unpaired) electrons. The van der Waals surface area contributed by atoms with E-state index in [0.29, 0.717) is 17.8 Å². The molecule has 1 aromatic rings. The highest BCUT2D eigenvalue weighted by molar-refractivity contribution is 7.91. The first-order valence-electron chi connectivity index (χ1n) is 6.18. The van der Waals surface area contributed by atoms with Crippen molar-refractivity contribution < 1.29 is 23.1 Å². The molecule has 2 rings (SSSR count). The fraction of sp³-hybridized carbons (Fsp3) is 0.500. The van der Waals surface area contributed by atoms with Crippen LogP contribution in [-0.2, 0) is 9.84 Å². The Hall–Kier alpha value is -1.41. The van der Waals surface area contributed by atoms with E-state index in [2.05, 4.69) is 0 Å². The van der Waals surface area contributed by atoms with E-state index in [1.807, 2.05) is 0 Å². The van der Waals surface area contributed by atoms with Crippen molar-refractivity contribution >= 4 is 33.1 Å². The lowest BCUT2D eigenvalue weighted by atomic mass is 10.2. The summed E-state index contributed by atoms with van der Waals surface area (Å²) >= 11 is 0.911. The lowest BCUT2D eigenvalue weighted by molar-refractivity contribution is 0.0698. The number of nitrogens with zero attached hydrogens (tertiary/aromatic N) is 1. The number of aromatic carboxylic acids is 1. The highest BCUT2D eigenvalue weighted by Crippen LogP contribution is 2.23. The molecule has 6 nitrogen and oxygen atoms in total. The predicted molar refractivity (Wildman–Crippen MR) is 75.0 cm³/mol. The van der Waals surface area contributed by atoms with Gasteiger partial charge in [0.05, 0.1) is 16.4 Å². The van der Waals surface area contributed by atoms with Gasteiger partial charge in [-0.2, -0.15) is 0 Å². The van der Waals surface area contributed by atoms with E-state index in [1.165, 1.54) is 17.0 Å². The molecule has 1 amide bonds. The van der Waals surface area contributed by atoms with Crippen LogP contribution < -0.4 is 0 Å². The van der Waals surface area contributed by atoms with Crippen molar-refractivity contribution in [1.29, 1.82) is 0 Å². The van der Waals surface area contributed by atoms with Gasteiger partial charge in [0.1, 0.15) is 4.88 Å². The fourth-order valence-electron chi connectivity index (χ4n) is 2.30. The smallest absolute Gasteiger partial charge is 0.345 e. The molecule has 1 N–H and O–H groups in total. The largest absolute Gasteiger partial charge is 0.477 e. The zero-order chi connectivity index (χ0) is 14.9. The lowest BCUT2D eigenvalue weighted by Crippen LogP contribution is -2.40. The second-order valence-corrected chi connectivity index (χ2v) is 7.93. The van der Waals surface area contributed by atoms with Gasteiger partial charge in [0.25, 0.3) is 5.91 Å². The van der Waals surface area contributed by atoms with Crippen molar-refractivity contribution in [1.82, 2.24) is 4.90 Å². The molecule has 1 aliphatic heterocycles. The number of carboxylic acid groups (broad SMARTS) is 1. The topological polar surface area (TPSA) is 91.8 Å². The molecule has 8 heteroatoms. The molecule has 0 aliphatic carbocycles. The van der Waals surface area contributed by atoms with Crippen molar-refractivity contribution in [3.63, 3.8) is 0 Å². The molecule has 1 saturated heterocycles. The van der Waals surface area contributed by atoms with Gasteiger partial charge in [-0.1, -0.05) is 0 Å². The Kier molecular flexibility index (Phi) is 4.14. The van der Waals surface area contributed by atoms with E-state index < -0.39 is 15.8 Å². The average molecular weight is 317 g/mol. The molecule has 0 saturated carbocycles. The monoisotopic (exact) mass is 317 g/mol. The summed E-state index contributed by atoms with van der Waals surface area (Å²) in [5.74, 6) is -1.27. The molecule has 1 aliphatic rings. The highest BCUT2D eigenvalue weighted by Gasteiger charge is 2.34. The van der Waals surface area contributed by atoms with Crippen molar-refractivity contribution in [2.45, 2.75) is 19.4 Å². The maximum Gasteiger partial charge on any atom is 0.345 e. The zero-order valence-corrected chi connectivity index (χ0v) is 12.5. The standard InChI is InChI=1S/C12H15NO5S2/c1-2-13(8-5-6-20(17,18)7-8)11(14)9-3-4-10(19-9)12(15)16/h3-4,8H,2,5-7H2,1H3,(H,15,16)/t8-/m1/s1. The van der Waals surface area contributed by atoms with Crippen LogP contribution in [0.3, 0.4) is 0 Å². The van der Waals surface area contributed by atoms with Gasteiger partial charge >= 0.3 is 5.97 Å². The van der Waals surface area contributed by atoms with Crippen LogP contribution in [0.2, 0.25) is 0 Å². The van der Waals surface area contributed by atoms with E-state index in [0.717, 1.165) is 11.3 Å². The second-order valence-electron chi connectivity index (χ2n) is 4.62. The molecule has 2 heterocycles. The first kappa shape index (κ1) is 15.0. The van der Waals surface area contributed by atoms with Gasteiger partial charge in [0.2, 0.25) is 0 Å². The van der Waals surface area contributed by atoms with Crippen LogP contribution in [0.15, 0.2) is 12.1 Å². The molecule has 1 aromatic heterocycles. The van der Waals surface area contributed by atoms with Crippen molar-refractivity contribution in [2.75, 3.05) is 18.1 Å². The van der Waals surface area contributed by atoms with E-state index in [1.54, 1.807) is 6.92 Å². The maximum atomic E-state index is 12.4. The molecule has 1 fully saturated rings. The van der Waals surface area contributed by atoms with Crippen LogP contribution in [-0.4, -0.2) is 54.4 Å². The first-order chi connectivity index (χ1) is 9.34. The van der Waals surface area contributed by atoms with Gasteiger partial charge in [-0.25, -0.2) is 13.2 Å². The van der Waals surface area contributed by atoms with Crippen molar-refractivity contribution in [2.24, 2.45) is 0 Å². The normalized spacial score (nSPS) is 20.8. The van der Waals surface area contributed by atoms with Crippen molar-refractivity contribution in [3.05, 3.63) is 21.9 Å². The Labute approximate surface area is 120 Å². The predicted octanol–water partition coefficient (Wildman–Crippen LogP) is 1.10. The van der Waals surface area contributed by atoms with Crippen LogP contribution in [0.25, 0.3) is 0 Å². The summed E-state index contributed by atoms with van der Waals surface area (Å²) in [6, 6.07) is 2.55. The average Bonchev–Trinajstić information content (AvgIpc) is 2.97. The quantitative estimate of drug-likeness (QED) is 0.897. The number of hydrogen-bond acceptors (Lipinski definition) is 5. The molecular formula is C12H15NO5S2. The van der Waals surface area contributed by atoms with Crippen LogP contribution in [0, 0.1) is 0 Å². The number of carboxylic acids is 1. The van der Waals surface area contributed by atoms with Crippen LogP contribution in [0.5, 0.6) is 0 Å². The second kappa shape index (κ2) is 5.53. The third-order valence-corrected chi connectivity index (χ3v) is 6.09. The molecule has 1 atom stereocenters. The number of carbonyl (C=O) groups excluding carboxylic acids is 1. The van der Waals surface area contributed by atoms with E-state index >= 15 is 0 Å². The minimum atomic E-state index is -3.06. The van der Waals surface area contributed by atoms with Crippen LogP contribution in [0.1, 0.15) is 32.7 Å². The Balaban J connectivity index is 2.19. The number of sulfone groups is 1. The molecule has 110 valence electrons. The summed E-state index contributed by atoms with van der Waals surface area (Å²) in [5, 5.41) is 8.86. The van der Waals surface area contributed by atoms with Gasteiger partial charge in [-0.3, -0.25) is 4.79 Å².